The Morgan fingerprint density at radius 3 is 2.58 bits per heavy atom. The van der Waals surface area contributed by atoms with Gasteiger partial charge in [0.1, 0.15) is 0 Å². The van der Waals surface area contributed by atoms with Gasteiger partial charge in [-0.2, -0.15) is 5.10 Å². The molecule has 1 aliphatic carbocycles. The minimum Gasteiger partial charge on any atom is -0.481 e. The van der Waals surface area contributed by atoms with E-state index in [4.69, 9.17) is 5.11 Å². The molecule has 1 aliphatic rings. The second-order valence-corrected chi connectivity index (χ2v) is 6.30. The fraction of sp³-hybridized carbons (Fsp3) is 0.389. The Balaban J connectivity index is 1.64. The smallest absolute Gasteiger partial charge is 0.307 e. The summed E-state index contributed by atoms with van der Waals surface area (Å²) < 4.78 is 1.93. The second kappa shape index (κ2) is 6.47. The molecule has 0 saturated heterocycles. The van der Waals surface area contributed by atoms with Gasteiger partial charge in [0.2, 0.25) is 5.91 Å². The number of carbonyl (C=O) groups excluding carboxylic acids is 1. The number of nitrogens with one attached hydrogen (secondary N) is 1. The van der Waals surface area contributed by atoms with Crippen LogP contribution in [-0.2, 0) is 22.7 Å². The summed E-state index contributed by atoms with van der Waals surface area (Å²) in [6.45, 7) is 4.98. The zero-order chi connectivity index (χ0) is 17.3. The molecule has 0 spiro atoms. The number of amides is 1. The molecule has 6 heteroatoms. The predicted octanol–water partition coefficient (Wildman–Crippen LogP) is 1.89. The van der Waals surface area contributed by atoms with Crippen molar-refractivity contribution in [3.8, 4) is 0 Å². The molecule has 0 unspecified atom stereocenters. The van der Waals surface area contributed by atoms with E-state index in [2.05, 4.69) is 22.5 Å². The van der Waals surface area contributed by atoms with Crippen LogP contribution in [0.1, 0.15) is 28.9 Å². The van der Waals surface area contributed by atoms with Gasteiger partial charge in [-0.1, -0.05) is 30.3 Å². The number of hydrogen-bond acceptors (Lipinski definition) is 3. The number of carboxylic acids is 1. The van der Waals surface area contributed by atoms with Gasteiger partial charge < -0.3 is 10.4 Å². The Morgan fingerprint density at radius 2 is 1.96 bits per heavy atom. The summed E-state index contributed by atoms with van der Waals surface area (Å²) in [5.41, 5.74) is 4.06. The van der Waals surface area contributed by atoms with Crippen molar-refractivity contribution in [1.29, 1.82) is 0 Å². The molecule has 126 valence electrons. The number of nitrogens with zero attached hydrogens (tertiary/aromatic N) is 2. The fourth-order valence-electron chi connectivity index (χ4n) is 2.96. The molecular formula is C18H21N3O3. The summed E-state index contributed by atoms with van der Waals surface area (Å²) in [6, 6.07) is 10.1. The summed E-state index contributed by atoms with van der Waals surface area (Å²) in [4.78, 5) is 22.9. The largest absolute Gasteiger partial charge is 0.481 e. The minimum atomic E-state index is -0.891. The average Bonchev–Trinajstić information content (AvgIpc) is 3.31. The van der Waals surface area contributed by atoms with Crippen molar-refractivity contribution >= 4 is 11.9 Å². The van der Waals surface area contributed by atoms with Crippen LogP contribution >= 0.6 is 0 Å². The van der Waals surface area contributed by atoms with Gasteiger partial charge in [-0.15, -0.1) is 0 Å². The van der Waals surface area contributed by atoms with Crippen molar-refractivity contribution in [2.75, 3.05) is 0 Å². The second-order valence-electron chi connectivity index (χ2n) is 6.30. The summed E-state index contributed by atoms with van der Waals surface area (Å²) in [6.07, 6.45) is 0.437. The predicted molar refractivity (Wildman–Crippen MR) is 88.3 cm³/mol. The van der Waals surface area contributed by atoms with E-state index >= 15 is 0 Å². The molecule has 3 rings (SSSR count). The summed E-state index contributed by atoms with van der Waals surface area (Å²) in [5.74, 6) is -1.98. The molecule has 1 amide bonds. The van der Waals surface area contributed by atoms with E-state index in [0.717, 1.165) is 17.0 Å². The zero-order valence-corrected chi connectivity index (χ0v) is 13.8. The highest BCUT2D eigenvalue weighted by Crippen LogP contribution is 2.38. The number of benzene rings is 1. The fourth-order valence-corrected chi connectivity index (χ4v) is 2.96. The van der Waals surface area contributed by atoms with Crippen LogP contribution in [0.15, 0.2) is 30.3 Å². The van der Waals surface area contributed by atoms with E-state index in [1.807, 2.05) is 36.7 Å². The average molecular weight is 327 g/mol. The number of aryl methyl sites for hydroxylation is 1. The molecule has 24 heavy (non-hydrogen) atoms. The highest BCUT2D eigenvalue weighted by Gasteiger charge is 2.48. The summed E-state index contributed by atoms with van der Waals surface area (Å²) in [5, 5.41) is 16.3. The maximum atomic E-state index is 12.0. The summed E-state index contributed by atoms with van der Waals surface area (Å²) >= 11 is 0. The molecule has 2 N–H and O–H groups in total. The van der Waals surface area contributed by atoms with Crippen molar-refractivity contribution in [1.82, 2.24) is 15.1 Å². The maximum Gasteiger partial charge on any atom is 0.307 e. The Labute approximate surface area is 140 Å². The third-order valence-electron chi connectivity index (χ3n) is 4.59. The lowest BCUT2D eigenvalue weighted by atomic mass is 10.2. The quantitative estimate of drug-likeness (QED) is 0.848. The molecule has 1 aromatic carbocycles. The lowest BCUT2D eigenvalue weighted by Gasteiger charge is -2.07. The van der Waals surface area contributed by atoms with Crippen LogP contribution in [0.5, 0.6) is 0 Å². The Bertz CT molecular complexity index is 767. The number of aliphatic carboxylic acids is 1. The normalized spacial score (nSPS) is 19.1. The third kappa shape index (κ3) is 3.32. The van der Waals surface area contributed by atoms with Crippen LogP contribution in [0.2, 0.25) is 0 Å². The lowest BCUT2D eigenvalue weighted by molar-refractivity contribution is -0.140. The van der Waals surface area contributed by atoms with Gasteiger partial charge in [-0.05, 0) is 25.8 Å². The van der Waals surface area contributed by atoms with Crippen molar-refractivity contribution in [3.05, 3.63) is 52.8 Å². The molecule has 0 bridgehead atoms. The first-order chi connectivity index (χ1) is 11.5. The standard InChI is InChI=1S/C18H21N3O3/c1-11-16(9-19-17(22)14-8-15(14)18(23)24)12(2)21(20-11)10-13-6-4-3-5-7-13/h3-7,14-15H,8-10H2,1-2H3,(H,19,22)(H,23,24)/t14-,15+/m1/s1. The molecule has 0 aliphatic heterocycles. The van der Waals surface area contributed by atoms with E-state index < -0.39 is 11.9 Å². The monoisotopic (exact) mass is 327 g/mol. The van der Waals surface area contributed by atoms with E-state index in [1.54, 1.807) is 0 Å². The molecular weight excluding hydrogens is 306 g/mol. The molecule has 2 aromatic rings. The van der Waals surface area contributed by atoms with Gasteiger partial charge in [-0.25, -0.2) is 0 Å². The highest BCUT2D eigenvalue weighted by molar-refractivity contribution is 5.89. The van der Waals surface area contributed by atoms with Crippen LogP contribution in [0.3, 0.4) is 0 Å². The first-order valence-corrected chi connectivity index (χ1v) is 8.04. The van der Waals surface area contributed by atoms with Crippen LogP contribution in [0.25, 0.3) is 0 Å². The number of aromatic nitrogens is 2. The molecule has 2 atom stereocenters. The SMILES string of the molecule is Cc1nn(Cc2ccccc2)c(C)c1CNC(=O)[C@@H]1C[C@@H]1C(=O)O. The van der Waals surface area contributed by atoms with Crippen molar-refractivity contribution < 1.29 is 14.7 Å². The molecule has 0 radical (unpaired) electrons. The van der Waals surface area contributed by atoms with Gasteiger partial charge >= 0.3 is 5.97 Å². The lowest BCUT2D eigenvalue weighted by Crippen LogP contribution is -2.26. The van der Waals surface area contributed by atoms with Crippen molar-refractivity contribution in [2.24, 2.45) is 11.8 Å². The van der Waals surface area contributed by atoms with Crippen LogP contribution in [0, 0.1) is 25.7 Å². The Hall–Kier alpha value is -2.63. The van der Waals surface area contributed by atoms with E-state index in [1.165, 1.54) is 5.56 Å². The molecule has 6 nitrogen and oxygen atoms in total. The summed E-state index contributed by atoms with van der Waals surface area (Å²) in [7, 11) is 0. The first-order valence-electron chi connectivity index (χ1n) is 8.04. The molecule has 1 saturated carbocycles. The van der Waals surface area contributed by atoms with Crippen LogP contribution in [-0.4, -0.2) is 26.8 Å². The molecule has 1 aromatic heterocycles. The number of hydrogen-bond donors (Lipinski definition) is 2. The number of rotatable bonds is 6. The van der Waals surface area contributed by atoms with Crippen LogP contribution < -0.4 is 5.32 Å². The molecule has 1 fully saturated rings. The van der Waals surface area contributed by atoms with Crippen molar-refractivity contribution in [3.63, 3.8) is 0 Å². The number of carboxylic acid groups (broad SMARTS) is 1. The minimum absolute atomic E-state index is 0.183. The Kier molecular flexibility index (Phi) is 4.38. The van der Waals surface area contributed by atoms with E-state index in [9.17, 15) is 9.59 Å². The van der Waals surface area contributed by atoms with Gasteiger partial charge in [0.25, 0.3) is 0 Å². The third-order valence-corrected chi connectivity index (χ3v) is 4.59. The highest BCUT2D eigenvalue weighted by atomic mass is 16.4. The topological polar surface area (TPSA) is 84.2 Å². The van der Waals surface area contributed by atoms with Gasteiger partial charge in [0.15, 0.2) is 0 Å². The van der Waals surface area contributed by atoms with Crippen molar-refractivity contribution in [2.45, 2.75) is 33.4 Å². The van der Waals surface area contributed by atoms with E-state index in [0.29, 0.717) is 19.5 Å². The molecule has 1 heterocycles. The van der Waals surface area contributed by atoms with Gasteiger partial charge in [-0.3, -0.25) is 14.3 Å². The Morgan fingerprint density at radius 1 is 1.25 bits per heavy atom. The first kappa shape index (κ1) is 16.2. The van der Waals surface area contributed by atoms with Crippen LogP contribution in [0.4, 0.5) is 0 Å². The maximum absolute atomic E-state index is 12.0. The zero-order valence-electron chi connectivity index (χ0n) is 13.8. The number of carbonyl (C=O) groups is 2. The van der Waals surface area contributed by atoms with E-state index in [-0.39, 0.29) is 11.8 Å². The van der Waals surface area contributed by atoms with Gasteiger partial charge in [0, 0.05) is 17.8 Å². The van der Waals surface area contributed by atoms with Gasteiger partial charge in [0.05, 0.1) is 24.1 Å².